The number of nitrogens with one attached hydrogen (secondary N) is 1. The molecule has 0 aliphatic carbocycles. The molecular weight excluding hydrogens is 411 g/mol. The molecule has 2 aliphatic heterocycles. The molecule has 164 valence electrons. The summed E-state index contributed by atoms with van der Waals surface area (Å²) in [4.78, 5) is 28.1. The summed E-state index contributed by atoms with van der Waals surface area (Å²) in [6.07, 6.45) is 6.08. The highest BCUT2D eigenvalue weighted by molar-refractivity contribution is 7.98. The smallest absolute Gasteiger partial charge is 0.222 e. The first-order valence-electron chi connectivity index (χ1n) is 10.9. The van der Waals surface area contributed by atoms with Crippen molar-refractivity contribution in [3.05, 3.63) is 65.5 Å². The summed E-state index contributed by atoms with van der Waals surface area (Å²) in [7, 11) is 0. The third-order valence-corrected chi connectivity index (χ3v) is 7.38. The fourth-order valence-electron chi connectivity index (χ4n) is 4.81. The SMILES string of the molecule is CSc1ccc(C[C@]2(CCC(=O)N3CC[C@H](c4ccc(F)cc4)C3)CCC(=O)N2)cc1. The van der Waals surface area contributed by atoms with E-state index >= 15 is 0 Å². The molecule has 0 bridgehead atoms. The highest BCUT2D eigenvalue weighted by Crippen LogP contribution is 2.32. The molecule has 0 unspecified atom stereocenters. The molecule has 0 radical (unpaired) electrons. The Balaban J connectivity index is 1.36. The van der Waals surface area contributed by atoms with Crippen LogP contribution in [0.3, 0.4) is 0 Å². The highest BCUT2D eigenvalue weighted by atomic mass is 32.2. The molecule has 2 fully saturated rings. The van der Waals surface area contributed by atoms with E-state index in [0.717, 1.165) is 31.4 Å². The molecule has 6 heteroatoms. The van der Waals surface area contributed by atoms with Crippen molar-refractivity contribution in [3.63, 3.8) is 0 Å². The van der Waals surface area contributed by atoms with Crippen LogP contribution in [0.1, 0.15) is 49.1 Å². The Morgan fingerprint density at radius 1 is 1.19 bits per heavy atom. The predicted molar refractivity (Wildman–Crippen MR) is 122 cm³/mol. The quantitative estimate of drug-likeness (QED) is 0.644. The molecule has 2 saturated heterocycles. The van der Waals surface area contributed by atoms with Crippen LogP contribution in [0.2, 0.25) is 0 Å². The van der Waals surface area contributed by atoms with E-state index in [1.165, 1.54) is 22.6 Å². The van der Waals surface area contributed by atoms with Gasteiger partial charge in [0.2, 0.25) is 11.8 Å². The lowest BCUT2D eigenvalue weighted by Crippen LogP contribution is -2.44. The van der Waals surface area contributed by atoms with E-state index in [9.17, 15) is 14.0 Å². The monoisotopic (exact) mass is 440 g/mol. The van der Waals surface area contributed by atoms with Crippen LogP contribution < -0.4 is 5.32 Å². The average molecular weight is 441 g/mol. The fourth-order valence-corrected chi connectivity index (χ4v) is 5.22. The van der Waals surface area contributed by atoms with E-state index in [1.54, 1.807) is 11.8 Å². The number of hydrogen-bond acceptors (Lipinski definition) is 3. The number of amides is 2. The molecule has 1 N–H and O–H groups in total. The predicted octanol–water partition coefficient (Wildman–Crippen LogP) is 4.54. The number of rotatable bonds is 7. The third-order valence-electron chi connectivity index (χ3n) is 6.64. The number of benzene rings is 2. The van der Waals surface area contributed by atoms with Crippen LogP contribution in [0.25, 0.3) is 0 Å². The van der Waals surface area contributed by atoms with Gasteiger partial charge in [-0.2, -0.15) is 0 Å². The maximum absolute atomic E-state index is 13.2. The summed E-state index contributed by atoms with van der Waals surface area (Å²) in [6.45, 7) is 1.41. The van der Waals surface area contributed by atoms with Crippen molar-refractivity contribution in [3.8, 4) is 0 Å². The fraction of sp³-hybridized carbons (Fsp3) is 0.440. The zero-order valence-corrected chi connectivity index (χ0v) is 18.7. The van der Waals surface area contributed by atoms with Crippen molar-refractivity contribution in [2.45, 2.75) is 54.9 Å². The lowest BCUT2D eigenvalue weighted by molar-refractivity contribution is -0.131. The van der Waals surface area contributed by atoms with Crippen molar-refractivity contribution in [1.82, 2.24) is 10.2 Å². The van der Waals surface area contributed by atoms with E-state index in [0.29, 0.717) is 25.8 Å². The van der Waals surface area contributed by atoms with Gasteiger partial charge in [0, 0.05) is 42.3 Å². The maximum Gasteiger partial charge on any atom is 0.222 e. The van der Waals surface area contributed by atoms with E-state index in [4.69, 9.17) is 0 Å². The number of nitrogens with zero attached hydrogens (tertiary/aromatic N) is 1. The molecule has 31 heavy (non-hydrogen) atoms. The van der Waals surface area contributed by atoms with Gasteiger partial charge in [-0.05, 0) is 67.3 Å². The summed E-state index contributed by atoms with van der Waals surface area (Å²) in [5, 5.41) is 3.18. The van der Waals surface area contributed by atoms with E-state index < -0.39 is 0 Å². The zero-order chi connectivity index (χ0) is 21.8. The third kappa shape index (κ3) is 5.29. The Bertz CT molecular complexity index is 932. The number of thioether (sulfide) groups is 1. The van der Waals surface area contributed by atoms with Crippen molar-refractivity contribution in [1.29, 1.82) is 0 Å². The van der Waals surface area contributed by atoms with Gasteiger partial charge in [-0.1, -0.05) is 24.3 Å². The molecule has 4 rings (SSSR count). The molecule has 0 aromatic heterocycles. The standard InChI is InChI=1S/C25H29FN2O2S/c1-31-22-8-2-18(3-9-22)16-25(13-10-23(29)27-25)14-11-24(30)28-15-12-20(17-28)19-4-6-21(26)7-5-19/h2-9,20H,10-17H2,1H3,(H,27,29)/t20-,25+/m0/s1. The van der Waals surface area contributed by atoms with Crippen LogP contribution in [0.4, 0.5) is 4.39 Å². The minimum absolute atomic E-state index is 0.0747. The van der Waals surface area contributed by atoms with Gasteiger partial charge in [0.05, 0.1) is 0 Å². The largest absolute Gasteiger partial charge is 0.350 e. The Hall–Kier alpha value is -2.34. The number of carbonyl (C=O) groups is 2. The summed E-state index contributed by atoms with van der Waals surface area (Å²) in [6, 6.07) is 15.1. The van der Waals surface area contributed by atoms with Crippen LogP contribution in [0, 0.1) is 5.82 Å². The number of carbonyl (C=O) groups excluding carboxylic acids is 2. The topological polar surface area (TPSA) is 49.4 Å². The first kappa shape index (κ1) is 21.9. The minimum atomic E-state index is -0.344. The van der Waals surface area contributed by atoms with Crippen LogP contribution >= 0.6 is 11.8 Å². The lowest BCUT2D eigenvalue weighted by atomic mass is 9.85. The van der Waals surface area contributed by atoms with Gasteiger partial charge < -0.3 is 10.2 Å². The molecule has 0 spiro atoms. The van der Waals surface area contributed by atoms with Gasteiger partial charge in [-0.25, -0.2) is 4.39 Å². The van der Waals surface area contributed by atoms with Crippen LogP contribution in [-0.4, -0.2) is 41.6 Å². The molecule has 2 amide bonds. The van der Waals surface area contributed by atoms with E-state index in [-0.39, 0.29) is 29.1 Å². The molecule has 2 heterocycles. The summed E-state index contributed by atoms with van der Waals surface area (Å²) in [5.41, 5.74) is 1.93. The van der Waals surface area contributed by atoms with Gasteiger partial charge in [0.15, 0.2) is 0 Å². The van der Waals surface area contributed by atoms with Gasteiger partial charge in [-0.3, -0.25) is 9.59 Å². The average Bonchev–Trinajstić information content (AvgIpc) is 3.41. The number of halogens is 1. The van der Waals surface area contributed by atoms with Gasteiger partial charge in [0.1, 0.15) is 5.82 Å². The second kappa shape index (κ2) is 9.43. The van der Waals surface area contributed by atoms with Crippen molar-refractivity contribution >= 4 is 23.6 Å². The Morgan fingerprint density at radius 2 is 1.94 bits per heavy atom. The van der Waals surface area contributed by atoms with Crippen molar-refractivity contribution < 1.29 is 14.0 Å². The number of likely N-dealkylation sites (tertiary alicyclic amines) is 1. The van der Waals surface area contributed by atoms with E-state index in [2.05, 4.69) is 35.8 Å². The second-order valence-corrected chi connectivity index (χ2v) is 9.61. The van der Waals surface area contributed by atoms with Crippen LogP contribution in [-0.2, 0) is 16.0 Å². The van der Waals surface area contributed by atoms with Crippen molar-refractivity contribution in [2.24, 2.45) is 0 Å². The van der Waals surface area contributed by atoms with Crippen LogP contribution in [0.5, 0.6) is 0 Å². The van der Waals surface area contributed by atoms with Gasteiger partial charge >= 0.3 is 0 Å². The van der Waals surface area contributed by atoms with Crippen LogP contribution in [0.15, 0.2) is 53.4 Å². The molecule has 2 aromatic carbocycles. The Morgan fingerprint density at radius 3 is 2.58 bits per heavy atom. The number of hydrogen-bond donors (Lipinski definition) is 1. The molecule has 4 nitrogen and oxygen atoms in total. The normalized spacial score (nSPS) is 23.2. The van der Waals surface area contributed by atoms with Gasteiger partial charge in [0.25, 0.3) is 0 Å². The maximum atomic E-state index is 13.2. The summed E-state index contributed by atoms with van der Waals surface area (Å²) >= 11 is 1.71. The summed E-state index contributed by atoms with van der Waals surface area (Å²) in [5.74, 6) is 0.245. The summed E-state index contributed by atoms with van der Waals surface area (Å²) < 4.78 is 13.2. The van der Waals surface area contributed by atoms with E-state index in [1.807, 2.05) is 17.0 Å². The lowest BCUT2D eigenvalue weighted by Gasteiger charge is -2.30. The molecule has 0 saturated carbocycles. The molecule has 2 aromatic rings. The molecular formula is C25H29FN2O2S. The molecule has 2 atom stereocenters. The minimum Gasteiger partial charge on any atom is -0.350 e. The van der Waals surface area contributed by atoms with Gasteiger partial charge in [-0.15, -0.1) is 11.8 Å². The first-order valence-corrected chi connectivity index (χ1v) is 12.2. The van der Waals surface area contributed by atoms with Crippen molar-refractivity contribution in [2.75, 3.05) is 19.3 Å². The second-order valence-electron chi connectivity index (χ2n) is 8.73. The Kier molecular flexibility index (Phi) is 6.65. The highest BCUT2D eigenvalue weighted by Gasteiger charge is 2.38. The molecule has 2 aliphatic rings. The zero-order valence-electron chi connectivity index (χ0n) is 17.9. The Labute approximate surface area is 187 Å². The first-order chi connectivity index (χ1) is 15.0.